The van der Waals surface area contributed by atoms with Crippen molar-refractivity contribution in [1.82, 2.24) is 10.6 Å². The first-order valence-electron chi connectivity index (χ1n) is 7.39. The predicted molar refractivity (Wildman–Crippen MR) is 98.8 cm³/mol. The highest BCUT2D eigenvalue weighted by Gasteiger charge is 2.20. The van der Waals surface area contributed by atoms with Crippen LogP contribution in [0, 0.1) is 5.92 Å². The molecule has 0 saturated heterocycles. The molecule has 0 radical (unpaired) electrons. The smallest absolute Gasteiger partial charge is 0.190 e. The number of methoxy groups -OCH3 is 1. The van der Waals surface area contributed by atoms with E-state index in [1.807, 2.05) is 19.2 Å². The van der Waals surface area contributed by atoms with Crippen molar-refractivity contribution in [3.05, 3.63) is 29.8 Å². The minimum absolute atomic E-state index is 0. The first kappa shape index (κ1) is 18.1. The van der Waals surface area contributed by atoms with E-state index in [0.717, 1.165) is 43.6 Å². The number of benzene rings is 1. The van der Waals surface area contributed by atoms with E-state index in [4.69, 9.17) is 4.74 Å². The molecule has 1 aliphatic rings. The molecule has 1 aliphatic carbocycles. The van der Waals surface area contributed by atoms with Crippen molar-refractivity contribution in [2.24, 2.45) is 10.9 Å². The molecule has 0 spiro atoms. The van der Waals surface area contributed by atoms with Gasteiger partial charge in [0.25, 0.3) is 0 Å². The molecule has 0 aromatic heterocycles. The van der Waals surface area contributed by atoms with Crippen LogP contribution in [0.2, 0.25) is 0 Å². The van der Waals surface area contributed by atoms with E-state index < -0.39 is 0 Å². The summed E-state index contributed by atoms with van der Waals surface area (Å²) in [5.74, 6) is 2.70. The number of halogens is 1. The van der Waals surface area contributed by atoms with Crippen LogP contribution in [-0.4, -0.2) is 33.2 Å². The third-order valence-electron chi connectivity index (χ3n) is 3.57. The summed E-state index contributed by atoms with van der Waals surface area (Å²) in [5.41, 5.74) is 1.34. The van der Waals surface area contributed by atoms with Crippen molar-refractivity contribution in [2.75, 3.05) is 27.2 Å². The Morgan fingerprint density at radius 2 is 1.95 bits per heavy atom. The molecule has 1 fully saturated rings. The molecule has 0 heterocycles. The normalized spacial score (nSPS) is 14.3. The van der Waals surface area contributed by atoms with Gasteiger partial charge in [0.2, 0.25) is 0 Å². The highest BCUT2D eigenvalue weighted by Crippen LogP contribution is 2.27. The molecule has 0 amide bonds. The Bertz CT molecular complexity index is 430. The Kier molecular flexibility index (Phi) is 8.49. The van der Waals surface area contributed by atoms with Gasteiger partial charge in [0, 0.05) is 20.1 Å². The zero-order valence-corrected chi connectivity index (χ0v) is 15.2. The van der Waals surface area contributed by atoms with Gasteiger partial charge >= 0.3 is 0 Å². The molecule has 0 atom stereocenters. The average Bonchev–Trinajstić information content (AvgIpc) is 3.31. The van der Waals surface area contributed by atoms with Crippen LogP contribution in [-0.2, 0) is 6.42 Å². The quantitative estimate of drug-likeness (QED) is 0.319. The Morgan fingerprint density at radius 3 is 2.52 bits per heavy atom. The summed E-state index contributed by atoms with van der Waals surface area (Å²) in [6, 6.07) is 8.27. The molecule has 1 aromatic carbocycles. The number of ether oxygens (including phenoxy) is 1. The second-order valence-electron chi connectivity index (χ2n) is 5.27. The Balaban J connectivity index is 0.00000220. The SMILES string of the molecule is CN=C(NCCCc1ccc(OC)cc1)NCC1CC1.I. The van der Waals surface area contributed by atoms with Gasteiger partial charge in [-0.15, -0.1) is 24.0 Å². The molecule has 118 valence electrons. The largest absolute Gasteiger partial charge is 0.497 e. The molecule has 0 bridgehead atoms. The number of hydrogen-bond acceptors (Lipinski definition) is 2. The molecular weight excluding hydrogens is 377 g/mol. The third kappa shape index (κ3) is 7.02. The lowest BCUT2D eigenvalue weighted by atomic mass is 10.1. The van der Waals surface area contributed by atoms with E-state index in [1.54, 1.807) is 7.11 Å². The van der Waals surface area contributed by atoms with Crippen LogP contribution in [0.25, 0.3) is 0 Å². The van der Waals surface area contributed by atoms with Gasteiger partial charge in [-0.25, -0.2) is 0 Å². The van der Waals surface area contributed by atoms with Crippen molar-refractivity contribution < 1.29 is 4.74 Å². The summed E-state index contributed by atoms with van der Waals surface area (Å²) < 4.78 is 5.16. The first-order valence-corrected chi connectivity index (χ1v) is 7.39. The van der Waals surface area contributed by atoms with Crippen LogP contribution in [0.1, 0.15) is 24.8 Å². The number of nitrogens with zero attached hydrogens (tertiary/aromatic N) is 1. The van der Waals surface area contributed by atoms with Crippen LogP contribution in [0.4, 0.5) is 0 Å². The minimum atomic E-state index is 0. The summed E-state index contributed by atoms with van der Waals surface area (Å²) in [6.07, 6.45) is 4.88. The van der Waals surface area contributed by atoms with Gasteiger partial charge in [-0.3, -0.25) is 4.99 Å². The van der Waals surface area contributed by atoms with Gasteiger partial charge in [0.05, 0.1) is 7.11 Å². The second-order valence-corrected chi connectivity index (χ2v) is 5.27. The topological polar surface area (TPSA) is 45.7 Å². The molecule has 2 N–H and O–H groups in total. The standard InChI is InChI=1S/C16H25N3O.HI/c1-17-16(19-12-14-5-6-14)18-11-3-4-13-7-9-15(20-2)10-8-13;/h7-10,14H,3-6,11-12H2,1-2H3,(H2,17,18,19);1H. The van der Waals surface area contributed by atoms with Gasteiger partial charge in [-0.1, -0.05) is 12.1 Å². The number of aryl methyl sites for hydroxylation is 1. The number of hydrogen-bond donors (Lipinski definition) is 2. The molecule has 2 rings (SSSR count). The second kappa shape index (κ2) is 9.87. The summed E-state index contributed by atoms with van der Waals surface area (Å²) >= 11 is 0. The Labute approximate surface area is 144 Å². The lowest BCUT2D eigenvalue weighted by Gasteiger charge is -2.11. The Hall–Kier alpha value is -0.980. The maximum Gasteiger partial charge on any atom is 0.190 e. The van der Waals surface area contributed by atoms with Crippen LogP contribution in [0.3, 0.4) is 0 Å². The molecule has 0 unspecified atom stereocenters. The van der Waals surface area contributed by atoms with Crippen molar-refractivity contribution >= 4 is 29.9 Å². The fourth-order valence-electron chi connectivity index (χ4n) is 2.08. The number of nitrogens with one attached hydrogen (secondary N) is 2. The van der Waals surface area contributed by atoms with E-state index in [1.165, 1.54) is 18.4 Å². The molecule has 1 saturated carbocycles. The summed E-state index contributed by atoms with van der Waals surface area (Å²) in [7, 11) is 3.52. The maximum absolute atomic E-state index is 5.16. The Morgan fingerprint density at radius 1 is 1.24 bits per heavy atom. The lowest BCUT2D eigenvalue weighted by molar-refractivity contribution is 0.414. The fraction of sp³-hybridized carbons (Fsp3) is 0.562. The minimum Gasteiger partial charge on any atom is -0.497 e. The van der Waals surface area contributed by atoms with Crippen LogP contribution >= 0.6 is 24.0 Å². The number of rotatable bonds is 7. The van der Waals surface area contributed by atoms with Crippen LogP contribution < -0.4 is 15.4 Å². The van der Waals surface area contributed by atoms with Crippen molar-refractivity contribution in [3.63, 3.8) is 0 Å². The van der Waals surface area contributed by atoms with Crippen molar-refractivity contribution in [1.29, 1.82) is 0 Å². The lowest BCUT2D eigenvalue weighted by Crippen LogP contribution is -2.38. The molecule has 5 heteroatoms. The zero-order chi connectivity index (χ0) is 14.2. The van der Waals surface area contributed by atoms with Crippen molar-refractivity contribution in [2.45, 2.75) is 25.7 Å². The first-order chi connectivity index (χ1) is 9.81. The molecule has 0 aliphatic heterocycles. The molecular formula is C16H26IN3O. The average molecular weight is 403 g/mol. The summed E-state index contributed by atoms with van der Waals surface area (Å²) in [5, 5.41) is 6.73. The van der Waals surface area contributed by atoms with Gasteiger partial charge in [-0.05, 0) is 49.3 Å². The van der Waals surface area contributed by atoms with Gasteiger partial charge in [0.15, 0.2) is 5.96 Å². The molecule has 21 heavy (non-hydrogen) atoms. The third-order valence-corrected chi connectivity index (χ3v) is 3.57. The number of guanidine groups is 1. The van der Waals surface area contributed by atoms with E-state index in [0.29, 0.717) is 0 Å². The molecule has 1 aromatic rings. The van der Waals surface area contributed by atoms with Crippen molar-refractivity contribution in [3.8, 4) is 5.75 Å². The van der Waals surface area contributed by atoms with Crippen LogP contribution in [0.5, 0.6) is 5.75 Å². The van der Waals surface area contributed by atoms with Gasteiger partial charge in [0.1, 0.15) is 5.75 Å². The fourth-order valence-corrected chi connectivity index (χ4v) is 2.08. The summed E-state index contributed by atoms with van der Waals surface area (Å²) in [4.78, 5) is 4.23. The highest BCUT2D eigenvalue weighted by molar-refractivity contribution is 14.0. The van der Waals surface area contributed by atoms with Gasteiger partial charge < -0.3 is 15.4 Å². The van der Waals surface area contributed by atoms with Crippen LogP contribution in [0.15, 0.2) is 29.3 Å². The maximum atomic E-state index is 5.16. The molecule has 4 nitrogen and oxygen atoms in total. The monoisotopic (exact) mass is 403 g/mol. The predicted octanol–water partition coefficient (Wildman–Crippen LogP) is 2.82. The van der Waals surface area contributed by atoms with E-state index in [9.17, 15) is 0 Å². The summed E-state index contributed by atoms with van der Waals surface area (Å²) in [6.45, 7) is 1.99. The van der Waals surface area contributed by atoms with E-state index >= 15 is 0 Å². The highest BCUT2D eigenvalue weighted by atomic mass is 127. The zero-order valence-electron chi connectivity index (χ0n) is 12.9. The van der Waals surface area contributed by atoms with E-state index in [-0.39, 0.29) is 24.0 Å². The number of aliphatic imine (C=N–C) groups is 1. The van der Waals surface area contributed by atoms with Gasteiger partial charge in [-0.2, -0.15) is 0 Å². The van der Waals surface area contributed by atoms with E-state index in [2.05, 4.69) is 27.8 Å².